The van der Waals surface area contributed by atoms with Crippen molar-refractivity contribution in [3.8, 4) is 5.75 Å². The largest absolute Gasteiger partial charge is 0.481 e. The smallest absolute Gasteiger partial charge is 0.276 e. The van der Waals surface area contributed by atoms with Crippen LogP contribution in [0.2, 0.25) is 0 Å². The Kier molecular flexibility index (Phi) is 4.78. The van der Waals surface area contributed by atoms with Crippen LogP contribution < -0.4 is 4.74 Å². The highest BCUT2D eigenvalue weighted by Crippen LogP contribution is 2.20. The van der Waals surface area contributed by atoms with Crippen molar-refractivity contribution in [3.05, 3.63) is 66.0 Å². The number of hydrogen-bond donors (Lipinski definition) is 0. The van der Waals surface area contributed by atoms with Crippen molar-refractivity contribution in [3.63, 3.8) is 0 Å². The summed E-state index contributed by atoms with van der Waals surface area (Å²) >= 11 is 0. The monoisotopic (exact) mass is 345 g/mol. The molecule has 0 spiro atoms. The number of carbonyl (C=O) groups excluding carboxylic acids is 1. The fourth-order valence-electron chi connectivity index (χ4n) is 2.17. The molecule has 0 bridgehead atoms. The van der Waals surface area contributed by atoms with Gasteiger partial charge in [-0.2, -0.15) is 0 Å². The van der Waals surface area contributed by atoms with Gasteiger partial charge in [-0.1, -0.05) is 17.3 Å². The molecule has 0 N–H and O–H groups in total. The van der Waals surface area contributed by atoms with Gasteiger partial charge >= 0.3 is 0 Å². The van der Waals surface area contributed by atoms with Crippen molar-refractivity contribution in [2.75, 3.05) is 7.05 Å². The lowest BCUT2D eigenvalue weighted by Gasteiger charge is -2.21. The van der Waals surface area contributed by atoms with Gasteiger partial charge in [-0.15, -0.1) is 0 Å². The molecule has 25 heavy (non-hydrogen) atoms. The third kappa shape index (κ3) is 3.68. The highest BCUT2D eigenvalue weighted by atomic mass is 19.1. The normalized spacial score (nSPS) is 12.0. The average Bonchev–Trinajstić information content (AvgIpc) is 3.31. The zero-order valence-corrected chi connectivity index (χ0v) is 13.7. The average molecular weight is 345 g/mol. The summed E-state index contributed by atoms with van der Waals surface area (Å²) in [6.45, 7) is 1.73. The van der Waals surface area contributed by atoms with Crippen molar-refractivity contribution in [1.29, 1.82) is 0 Å². The molecule has 0 aliphatic carbocycles. The molecule has 0 fully saturated rings. The summed E-state index contributed by atoms with van der Waals surface area (Å²) in [5.41, 5.74) is 0.757. The van der Waals surface area contributed by atoms with Gasteiger partial charge in [0, 0.05) is 13.1 Å². The maximum Gasteiger partial charge on any atom is 0.276 e. The zero-order chi connectivity index (χ0) is 17.8. The molecule has 2 aromatic heterocycles. The third-order valence-corrected chi connectivity index (χ3v) is 3.75. The molecular formula is C17H16FN3O4. The van der Waals surface area contributed by atoms with E-state index in [2.05, 4.69) is 10.1 Å². The molecule has 0 aliphatic rings. The molecule has 0 aliphatic heterocycles. The lowest BCUT2D eigenvalue weighted by molar-refractivity contribution is 0.0731. The van der Waals surface area contributed by atoms with Gasteiger partial charge in [-0.05, 0) is 19.1 Å². The van der Waals surface area contributed by atoms with Crippen LogP contribution in [0.4, 0.5) is 4.39 Å². The summed E-state index contributed by atoms with van der Waals surface area (Å²) in [5, 5.41) is 3.82. The lowest BCUT2D eigenvalue weighted by Crippen LogP contribution is -2.30. The molecule has 1 amide bonds. The quantitative estimate of drug-likeness (QED) is 0.682. The highest BCUT2D eigenvalue weighted by molar-refractivity contribution is 5.92. The Labute approximate surface area is 143 Å². The number of amides is 1. The van der Waals surface area contributed by atoms with E-state index in [4.69, 9.17) is 13.7 Å². The van der Waals surface area contributed by atoms with E-state index in [-0.39, 0.29) is 35.9 Å². The summed E-state index contributed by atoms with van der Waals surface area (Å²) < 4.78 is 28.8. The van der Waals surface area contributed by atoms with Crippen LogP contribution >= 0.6 is 0 Å². The molecule has 7 nitrogen and oxygen atoms in total. The van der Waals surface area contributed by atoms with Crippen LogP contribution in [0.15, 0.2) is 51.8 Å². The van der Waals surface area contributed by atoms with Crippen LogP contribution in [0.1, 0.15) is 35.0 Å². The van der Waals surface area contributed by atoms with Crippen molar-refractivity contribution in [2.24, 2.45) is 0 Å². The Morgan fingerprint density at radius 3 is 2.88 bits per heavy atom. The summed E-state index contributed by atoms with van der Waals surface area (Å²) in [4.78, 5) is 18.0. The van der Waals surface area contributed by atoms with Gasteiger partial charge in [-0.25, -0.2) is 9.37 Å². The minimum absolute atomic E-state index is 0.0865. The fraction of sp³-hybridized carbons (Fsp3) is 0.235. The molecule has 0 saturated heterocycles. The second-order valence-electron chi connectivity index (χ2n) is 5.36. The number of nitrogens with zero attached hydrogens (tertiary/aromatic N) is 3. The van der Waals surface area contributed by atoms with Crippen LogP contribution in [-0.4, -0.2) is 28.0 Å². The van der Waals surface area contributed by atoms with Gasteiger partial charge < -0.3 is 18.6 Å². The van der Waals surface area contributed by atoms with E-state index in [1.807, 2.05) is 6.92 Å². The molecule has 3 aromatic rings. The van der Waals surface area contributed by atoms with Crippen LogP contribution in [0.25, 0.3) is 0 Å². The first-order valence-corrected chi connectivity index (χ1v) is 7.55. The SMILES string of the molecule is C[C@H](c1ccon1)N(C)C(=O)c1coc(COc2ccccc2F)n1. The van der Waals surface area contributed by atoms with E-state index in [0.717, 1.165) is 0 Å². The van der Waals surface area contributed by atoms with E-state index in [1.54, 1.807) is 25.2 Å². The first-order valence-electron chi connectivity index (χ1n) is 7.55. The second-order valence-corrected chi connectivity index (χ2v) is 5.36. The zero-order valence-electron chi connectivity index (χ0n) is 13.7. The minimum atomic E-state index is -0.480. The predicted octanol–water partition coefficient (Wildman–Crippen LogP) is 3.21. The molecule has 1 aromatic carbocycles. The number of benzene rings is 1. The Bertz CT molecular complexity index is 847. The molecule has 1 atom stereocenters. The van der Waals surface area contributed by atoms with Crippen molar-refractivity contribution in [1.82, 2.24) is 15.0 Å². The molecule has 2 heterocycles. The molecule has 0 radical (unpaired) electrons. The molecule has 3 rings (SSSR count). The number of ether oxygens (including phenoxy) is 1. The van der Waals surface area contributed by atoms with E-state index in [9.17, 15) is 9.18 Å². The van der Waals surface area contributed by atoms with Crippen molar-refractivity contribution >= 4 is 5.91 Å². The molecule has 0 unspecified atom stereocenters. The van der Waals surface area contributed by atoms with Crippen LogP contribution in [0.3, 0.4) is 0 Å². The van der Waals surface area contributed by atoms with Gasteiger partial charge in [0.15, 0.2) is 23.9 Å². The van der Waals surface area contributed by atoms with Crippen LogP contribution in [0.5, 0.6) is 5.75 Å². The van der Waals surface area contributed by atoms with Crippen LogP contribution in [0, 0.1) is 5.82 Å². The summed E-state index contributed by atoms with van der Waals surface area (Å²) in [5.74, 6) is -0.553. The number of aromatic nitrogens is 2. The van der Waals surface area contributed by atoms with Crippen molar-refractivity contribution < 1.29 is 22.9 Å². The van der Waals surface area contributed by atoms with Gasteiger partial charge in [-0.3, -0.25) is 4.79 Å². The van der Waals surface area contributed by atoms with E-state index in [1.165, 1.54) is 29.6 Å². The number of rotatable bonds is 6. The Morgan fingerprint density at radius 1 is 1.36 bits per heavy atom. The van der Waals surface area contributed by atoms with Crippen molar-refractivity contribution in [2.45, 2.75) is 19.6 Å². The van der Waals surface area contributed by atoms with Gasteiger partial charge in [0.1, 0.15) is 18.2 Å². The maximum atomic E-state index is 13.5. The van der Waals surface area contributed by atoms with Gasteiger partial charge in [0.25, 0.3) is 5.91 Å². The minimum Gasteiger partial charge on any atom is -0.481 e. The molecule has 8 heteroatoms. The molecule has 0 saturated carbocycles. The second kappa shape index (κ2) is 7.16. The Hall–Kier alpha value is -3.16. The number of hydrogen-bond acceptors (Lipinski definition) is 6. The summed E-state index contributed by atoms with van der Waals surface area (Å²) in [7, 11) is 1.63. The molecule has 130 valence electrons. The Morgan fingerprint density at radius 2 is 2.16 bits per heavy atom. The highest BCUT2D eigenvalue weighted by Gasteiger charge is 2.23. The van der Waals surface area contributed by atoms with Gasteiger partial charge in [0.2, 0.25) is 5.89 Å². The fourth-order valence-corrected chi connectivity index (χ4v) is 2.17. The Balaban J connectivity index is 1.64. The first-order chi connectivity index (χ1) is 12.1. The van der Waals surface area contributed by atoms with E-state index in [0.29, 0.717) is 5.69 Å². The third-order valence-electron chi connectivity index (χ3n) is 3.75. The lowest BCUT2D eigenvalue weighted by atomic mass is 10.2. The standard InChI is InChI=1S/C17H16FN3O4/c1-11(13-7-8-25-20-13)21(2)17(22)14-9-24-16(19-14)10-23-15-6-4-3-5-12(15)18/h3-9,11H,10H2,1-2H3/t11-/m1/s1. The summed E-state index contributed by atoms with van der Waals surface area (Å²) in [6.07, 6.45) is 2.69. The summed E-state index contributed by atoms with van der Waals surface area (Å²) in [6, 6.07) is 7.41. The molecular weight excluding hydrogens is 329 g/mol. The number of halogens is 1. The number of para-hydroxylation sites is 1. The predicted molar refractivity (Wildman–Crippen MR) is 84.2 cm³/mol. The maximum absolute atomic E-state index is 13.5. The van der Waals surface area contributed by atoms with E-state index < -0.39 is 5.82 Å². The number of carbonyl (C=O) groups is 1. The first kappa shape index (κ1) is 16.7. The topological polar surface area (TPSA) is 81.6 Å². The van der Waals surface area contributed by atoms with E-state index >= 15 is 0 Å². The number of oxazole rings is 1. The van der Waals surface area contributed by atoms with Crippen LogP contribution in [-0.2, 0) is 6.61 Å². The van der Waals surface area contributed by atoms with Gasteiger partial charge in [0.05, 0.1) is 6.04 Å².